The van der Waals surface area contributed by atoms with Crippen molar-refractivity contribution in [2.45, 2.75) is 39.2 Å². The quantitative estimate of drug-likeness (QED) is 0.475. The number of carbonyl (C=O) groups excluding carboxylic acids is 1. The van der Waals surface area contributed by atoms with Gasteiger partial charge in [-0.25, -0.2) is 0 Å². The van der Waals surface area contributed by atoms with Gasteiger partial charge in [-0.2, -0.15) is 5.26 Å². The molecule has 0 radical (unpaired) electrons. The predicted molar refractivity (Wildman–Crippen MR) is 137 cm³/mol. The van der Waals surface area contributed by atoms with E-state index in [1.807, 2.05) is 43.3 Å². The van der Waals surface area contributed by atoms with Crippen LogP contribution in [0.15, 0.2) is 40.0 Å². The van der Waals surface area contributed by atoms with Gasteiger partial charge < -0.3 is 4.90 Å². The standard InChI is InChI=1S/C25H26N4O2S2/c1-16-19(22(28-12-8-5-9-13-28)27(3)23(30)20(16)15-26)14-21-24(31)29(25(32)33-21)17(2)18-10-6-4-7-11-18/h4,6-7,10-11,14,17H,5,8-9,12-13H2,1-3H3. The van der Waals surface area contributed by atoms with Gasteiger partial charge in [0, 0.05) is 25.7 Å². The number of nitriles is 1. The molecule has 0 aliphatic carbocycles. The summed E-state index contributed by atoms with van der Waals surface area (Å²) in [6.45, 7) is 5.43. The lowest BCUT2D eigenvalue weighted by atomic mass is 10.0. The molecule has 0 bridgehead atoms. The van der Waals surface area contributed by atoms with Crippen molar-refractivity contribution in [2.24, 2.45) is 7.05 Å². The zero-order chi connectivity index (χ0) is 23.7. The average molecular weight is 479 g/mol. The molecule has 2 fully saturated rings. The molecule has 0 spiro atoms. The van der Waals surface area contributed by atoms with Crippen molar-refractivity contribution in [1.29, 1.82) is 5.26 Å². The van der Waals surface area contributed by atoms with Crippen LogP contribution in [-0.4, -0.2) is 32.8 Å². The van der Waals surface area contributed by atoms with E-state index in [-0.39, 0.29) is 23.1 Å². The van der Waals surface area contributed by atoms with E-state index in [1.165, 1.54) is 11.8 Å². The van der Waals surface area contributed by atoms with Crippen molar-refractivity contribution in [3.05, 3.63) is 67.8 Å². The van der Waals surface area contributed by atoms with Crippen LogP contribution in [0.1, 0.15) is 54.5 Å². The second-order valence-electron chi connectivity index (χ2n) is 8.40. The van der Waals surface area contributed by atoms with Crippen LogP contribution in [0.3, 0.4) is 0 Å². The van der Waals surface area contributed by atoms with Gasteiger partial charge in [0.15, 0.2) is 0 Å². The van der Waals surface area contributed by atoms with Crippen molar-refractivity contribution < 1.29 is 4.79 Å². The summed E-state index contributed by atoms with van der Waals surface area (Å²) < 4.78 is 2.06. The molecule has 4 rings (SSSR count). The van der Waals surface area contributed by atoms with Crippen LogP contribution in [0.2, 0.25) is 0 Å². The van der Waals surface area contributed by atoms with Gasteiger partial charge >= 0.3 is 0 Å². The smallest absolute Gasteiger partial charge is 0.270 e. The van der Waals surface area contributed by atoms with Gasteiger partial charge in [-0.15, -0.1) is 0 Å². The Hall–Kier alpha value is -2.89. The molecule has 1 aromatic heterocycles. The van der Waals surface area contributed by atoms with Crippen LogP contribution in [0, 0.1) is 18.3 Å². The highest BCUT2D eigenvalue weighted by molar-refractivity contribution is 8.26. The first-order chi connectivity index (χ1) is 15.8. The van der Waals surface area contributed by atoms with Crippen LogP contribution in [0.4, 0.5) is 5.82 Å². The fourth-order valence-corrected chi connectivity index (χ4v) is 5.93. The van der Waals surface area contributed by atoms with E-state index in [4.69, 9.17) is 12.2 Å². The maximum absolute atomic E-state index is 13.4. The predicted octanol–water partition coefficient (Wildman–Crippen LogP) is 4.52. The number of anilines is 1. The van der Waals surface area contributed by atoms with Crippen molar-refractivity contribution in [3.63, 3.8) is 0 Å². The van der Waals surface area contributed by atoms with Crippen molar-refractivity contribution in [1.82, 2.24) is 9.47 Å². The van der Waals surface area contributed by atoms with Crippen molar-refractivity contribution in [2.75, 3.05) is 18.0 Å². The fourth-order valence-electron chi connectivity index (χ4n) is 4.53. The summed E-state index contributed by atoms with van der Waals surface area (Å²) in [4.78, 5) is 30.7. The van der Waals surface area contributed by atoms with E-state index in [9.17, 15) is 14.9 Å². The number of thioether (sulfide) groups is 1. The Morgan fingerprint density at radius 2 is 1.82 bits per heavy atom. The maximum Gasteiger partial charge on any atom is 0.270 e. The minimum absolute atomic E-state index is 0.109. The van der Waals surface area contributed by atoms with Crippen LogP contribution < -0.4 is 10.5 Å². The molecule has 1 atom stereocenters. The topological polar surface area (TPSA) is 69.3 Å². The summed E-state index contributed by atoms with van der Waals surface area (Å²) in [5.41, 5.74) is 2.15. The number of piperidine rings is 1. The molecule has 2 aliphatic rings. The molecule has 8 heteroatoms. The molecule has 2 aromatic rings. The molecule has 1 amide bonds. The maximum atomic E-state index is 13.4. The minimum atomic E-state index is -0.307. The number of nitrogens with zero attached hydrogens (tertiary/aromatic N) is 4. The Bertz CT molecular complexity index is 1240. The first-order valence-corrected chi connectivity index (χ1v) is 12.3. The lowest BCUT2D eigenvalue weighted by Gasteiger charge is -2.32. The molecule has 170 valence electrons. The Kier molecular flexibility index (Phi) is 6.73. The number of benzene rings is 1. The molecule has 2 saturated heterocycles. The number of rotatable bonds is 4. The lowest BCUT2D eigenvalue weighted by molar-refractivity contribution is -0.123. The van der Waals surface area contributed by atoms with E-state index >= 15 is 0 Å². The number of carbonyl (C=O) groups is 1. The highest BCUT2D eigenvalue weighted by Gasteiger charge is 2.36. The molecular formula is C25H26N4O2S2. The molecule has 1 aromatic carbocycles. The second kappa shape index (κ2) is 9.54. The molecule has 0 N–H and O–H groups in total. The Balaban J connectivity index is 1.81. The Morgan fingerprint density at radius 1 is 1.15 bits per heavy atom. The van der Waals surface area contributed by atoms with Crippen LogP contribution in [0.25, 0.3) is 6.08 Å². The SMILES string of the molecule is Cc1c(C=C2SC(=S)N(C(C)c3ccccc3)C2=O)c(N2CCCCC2)n(C)c(=O)c1C#N. The fraction of sp³-hybridized carbons (Fsp3) is 0.360. The van der Waals surface area contributed by atoms with E-state index in [1.54, 1.807) is 23.4 Å². The summed E-state index contributed by atoms with van der Waals surface area (Å²) in [6, 6.07) is 11.7. The lowest BCUT2D eigenvalue weighted by Crippen LogP contribution is -2.36. The highest BCUT2D eigenvalue weighted by atomic mass is 32.2. The third kappa shape index (κ3) is 4.23. The number of aromatic nitrogens is 1. The number of pyridine rings is 1. The largest absolute Gasteiger partial charge is 0.357 e. The van der Waals surface area contributed by atoms with Gasteiger partial charge in [-0.05, 0) is 50.3 Å². The van der Waals surface area contributed by atoms with Crippen molar-refractivity contribution in [3.8, 4) is 6.07 Å². The third-order valence-corrected chi connectivity index (χ3v) is 7.72. The van der Waals surface area contributed by atoms with E-state index < -0.39 is 0 Å². The molecule has 1 unspecified atom stereocenters. The van der Waals surface area contributed by atoms with E-state index in [0.29, 0.717) is 14.8 Å². The summed E-state index contributed by atoms with van der Waals surface area (Å²) in [6.07, 6.45) is 5.06. The monoisotopic (exact) mass is 478 g/mol. The zero-order valence-corrected chi connectivity index (χ0v) is 20.6. The molecule has 6 nitrogen and oxygen atoms in total. The normalized spacial score (nSPS) is 18.7. The van der Waals surface area contributed by atoms with Gasteiger partial charge in [0.05, 0.1) is 10.9 Å². The third-order valence-electron chi connectivity index (χ3n) is 6.39. The summed E-state index contributed by atoms with van der Waals surface area (Å²) in [5.74, 6) is 0.607. The summed E-state index contributed by atoms with van der Waals surface area (Å²) in [5, 5.41) is 9.65. The van der Waals surface area contributed by atoms with Crippen LogP contribution in [0.5, 0.6) is 0 Å². The molecular weight excluding hydrogens is 452 g/mol. The van der Waals surface area contributed by atoms with Gasteiger partial charge in [0.2, 0.25) is 0 Å². The van der Waals surface area contributed by atoms with Crippen LogP contribution in [-0.2, 0) is 11.8 Å². The first kappa shape index (κ1) is 23.3. The number of hydrogen-bond donors (Lipinski definition) is 0. The number of thiocarbonyl (C=S) groups is 1. The first-order valence-electron chi connectivity index (χ1n) is 11.1. The molecule has 33 heavy (non-hydrogen) atoms. The van der Waals surface area contributed by atoms with Crippen LogP contribution >= 0.6 is 24.0 Å². The van der Waals surface area contributed by atoms with Gasteiger partial charge in [-0.3, -0.25) is 19.1 Å². The molecule has 0 saturated carbocycles. The van der Waals surface area contributed by atoms with Gasteiger partial charge in [0.25, 0.3) is 11.5 Å². The summed E-state index contributed by atoms with van der Waals surface area (Å²) in [7, 11) is 1.70. The Labute approximate surface area is 203 Å². The van der Waals surface area contributed by atoms with E-state index in [0.717, 1.165) is 49.3 Å². The highest BCUT2D eigenvalue weighted by Crippen LogP contribution is 2.39. The second-order valence-corrected chi connectivity index (χ2v) is 10.1. The van der Waals surface area contributed by atoms with Gasteiger partial charge in [0.1, 0.15) is 21.8 Å². The van der Waals surface area contributed by atoms with E-state index in [2.05, 4.69) is 11.0 Å². The Morgan fingerprint density at radius 3 is 2.45 bits per heavy atom. The van der Waals surface area contributed by atoms with Gasteiger partial charge in [-0.1, -0.05) is 54.3 Å². The summed E-state index contributed by atoms with van der Waals surface area (Å²) >= 11 is 6.85. The average Bonchev–Trinajstić information content (AvgIpc) is 3.11. The minimum Gasteiger partial charge on any atom is -0.357 e. The number of amides is 1. The molecule has 3 heterocycles. The van der Waals surface area contributed by atoms with Crippen molar-refractivity contribution >= 4 is 46.1 Å². The zero-order valence-electron chi connectivity index (χ0n) is 19.0. The molecule has 2 aliphatic heterocycles. The number of hydrogen-bond acceptors (Lipinski definition) is 6.